The Kier molecular flexibility index (Phi) is 4.94. The molecule has 2 saturated heterocycles. The lowest BCUT2D eigenvalue weighted by atomic mass is 9.94. The summed E-state index contributed by atoms with van der Waals surface area (Å²) in [6.07, 6.45) is 2.75. The maximum absolute atomic E-state index is 3.65. The summed E-state index contributed by atoms with van der Waals surface area (Å²) in [5, 5.41) is 3.65. The highest BCUT2D eigenvalue weighted by atomic mass is 15.2. The first-order valence-electron chi connectivity index (χ1n) is 8.43. The predicted octanol–water partition coefficient (Wildman–Crippen LogP) is 2.36. The van der Waals surface area contributed by atoms with Gasteiger partial charge in [-0.05, 0) is 44.8 Å². The van der Waals surface area contributed by atoms with E-state index in [1.165, 1.54) is 44.6 Å². The van der Waals surface area contributed by atoms with Gasteiger partial charge in [-0.15, -0.1) is 0 Å². The number of hydrogen-bond donors (Lipinski definition) is 1. The number of nitrogens with zero attached hydrogens (tertiary/aromatic N) is 2. The van der Waals surface area contributed by atoms with E-state index in [2.05, 4.69) is 59.4 Å². The highest BCUT2D eigenvalue weighted by molar-refractivity contribution is 5.20. The third-order valence-corrected chi connectivity index (χ3v) is 5.01. The summed E-state index contributed by atoms with van der Waals surface area (Å²) in [5.74, 6) is 0.834. The van der Waals surface area contributed by atoms with Gasteiger partial charge in [-0.1, -0.05) is 30.3 Å². The Morgan fingerprint density at radius 3 is 2.76 bits per heavy atom. The van der Waals surface area contributed by atoms with Gasteiger partial charge in [0.1, 0.15) is 0 Å². The molecule has 0 radical (unpaired) electrons. The molecule has 2 fully saturated rings. The lowest BCUT2D eigenvalue weighted by Gasteiger charge is -2.42. The molecule has 21 heavy (non-hydrogen) atoms. The van der Waals surface area contributed by atoms with Crippen molar-refractivity contribution in [3.63, 3.8) is 0 Å². The van der Waals surface area contributed by atoms with Crippen molar-refractivity contribution in [2.75, 3.05) is 39.8 Å². The van der Waals surface area contributed by atoms with E-state index in [9.17, 15) is 0 Å². The van der Waals surface area contributed by atoms with E-state index in [1.54, 1.807) is 0 Å². The Morgan fingerprint density at radius 1 is 1.19 bits per heavy atom. The minimum absolute atomic E-state index is 0.537. The monoisotopic (exact) mass is 287 g/mol. The molecule has 0 spiro atoms. The lowest BCUT2D eigenvalue weighted by molar-refractivity contribution is 0.0880. The highest BCUT2D eigenvalue weighted by Gasteiger charge is 2.29. The highest BCUT2D eigenvalue weighted by Crippen LogP contribution is 2.26. The number of piperazine rings is 1. The molecule has 3 nitrogen and oxygen atoms in total. The molecule has 116 valence electrons. The van der Waals surface area contributed by atoms with Gasteiger partial charge in [-0.2, -0.15) is 0 Å². The Bertz CT molecular complexity index is 433. The largest absolute Gasteiger partial charge is 0.311 e. The van der Waals surface area contributed by atoms with Crippen molar-refractivity contribution in [1.82, 2.24) is 15.1 Å². The van der Waals surface area contributed by atoms with Crippen molar-refractivity contribution < 1.29 is 0 Å². The predicted molar refractivity (Wildman–Crippen MR) is 88.4 cm³/mol. The fourth-order valence-electron chi connectivity index (χ4n) is 3.94. The van der Waals surface area contributed by atoms with Crippen molar-refractivity contribution in [3.05, 3.63) is 35.9 Å². The van der Waals surface area contributed by atoms with Crippen molar-refractivity contribution >= 4 is 0 Å². The van der Waals surface area contributed by atoms with Gasteiger partial charge in [-0.3, -0.25) is 4.90 Å². The average Bonchev–Trinajstić information content (AvgIpc) is 2.48. The van der Waals surface area contributed by atoms with E-state index < -0.39 is 0 Å². The molecule has 0 bridgehead atoms. The van der Waals surface area contributed by atoms with E-state index in [-0.39, 0.29) is 0 Å². The molecule has 1 aromatic carbocycles. The molecule has 3 heteroatoms. The SMILES string of the molecule is CC1CN(CC2CCCN(C)C2)C(c2ccccc2)CN1. The molecule has 0 aromatic heterocycles. The summed E-state index contributed by atoms with van der Waals surface area (Å²) in [6.45, 7) is 8.33. The van der Waals surface area contributed by atoms with E-state index in [4.69, 9.17) is 0 Å². The van der Waals surface area contributed by atoms with Crippen LogP contribution in [0.5, 0.6) is 0 Å². The van der Waals surface area contributed by atoms with E-state index in [1.807, 2.05) is 0 Å². The van der Waals surface area contributed by atoms with Crippen molar-refractivity contribution in [3.8, 4) is 0 Å². The second-order valence-electron chi connectivity index (χ2n) is 6.96. The number of likely N-dealkylation sites (tertiary alicyclic amines) is 1. The normalized spacial score (nSPS) is 32.2. The van der Waals surface area contributed by atoms with Crippen LogP contribution in [-0.4, -0.2) is 55.6 Å². The number of rotatable bonds is 3. The van der Waals surface area contributed by atoms with Gasteiger partial charge in [0.2, 0.25) is 0 Å². The first-order chi connectivity index (χ1) is 10.2. The van der Waals surface area contributed by atoms with Gasteiger partial charge >= 0.3 is 0 Å². The molecule has 2 aliphatic rings. The Labute approximate surface area is 129 Å². The molecule has 2 aliphatic heterocycles. The molecule has 2 heterocycles. The number of hydrogen-bond acceptors (Lipinski definition) is 3. The van der Waals surface area contributed by atoms with Crippen LogP contribution in [0.4, 0.5) is 0 Å². The number of benzene rings is 1. The summed E-state index contributed by atoms with van der Waals surface area (Å²) < 4.78 is 0. The molecule has 3 unspecified atom stereocenters. The molecular weight excluding hydrogens is 258 g/mol. The molecule has 0 amide bonds. The van der Waals surface area contributed by atoms with Crippen LogP contribution in [0.2, 0.25) is 0 Å². The van der Waals surface area contributed by atoms with Crippen molar-refractivity contribution in [2.45, 2.75) is 31.8 Å². The number of piperidine rings is 1. The Morgan fingerprint density at radius 2 is 2.00 bits per heavy atom. The molecule has 1 aromatic rings. The van der Waals surface area contributed by atoms with E-state index in [0.717, 1.165) is 12.5 Å². The van der Waals surface area contributed by atoms with Crippen molar-refractivity contribution in [2.24, 2.45) is 5.92 Å². The van der Waals surface area contributed by atoms with Gasteiger partial charge < -0.3 is 10.2 Å². The smallest absolute Gasteiger partial charge is 0.0473 e. The first kappa shape index (κ1) is 15.0. The summed E-state index contributed by atoms with van der Waals surface area (Å²) in [6, 6.07) is 12.1. The molecule has 1 N–H and O–H groups in total. The summed E-state index contributed by atoms with van der Waals surface area (Å²) >= 11 is 0. The quantitative estimate of drug-likeness (QED) is 0.921. The zero-order valence-corrected chi connectivity index (χ0v) is 13.5. The standard InChI is InChI=1S/C18H29N3/c1-15-12-21(14-16-7-6-10-20(2)13-16)18(11-19-15)17-8-4-3-5-9-17/h3-5,8-9,15-16,18-19H,6-7,10-14H2,1-2H3. The summed E-state index contributed by atoms with van der Waals surface area (Å²) in [7, 11) is 2.27. The minimum atomic E-state index is 0.537. The van der Waals surface area contributed by atoms with Crippen LogP contribution in [-0.2, 0) is 0 Å². The fourth-order valence-corrected chi connectivity index (χ4v) is 3.94. The van der Waals surface area contributed by atoms with Crippen LogP contribution in [0.1, 0.15) is 31.4 Å². The fraction of sp³-hybridized carbons (Fsp3) is 0.667. The van der Waals surface area contributed by atoms with E-state index in [0.29, 0.717) is 12.1 Å². The maximum atomic E-state index is 3.65. The molecule has 0 saturated carbocycles. The molecular formula is C18H29N3. The van der Waals surface area contributed by atoms with Crippen molar-refractivity contribution in [1.29, 1.82) is 0 Å². The average molecular weight is 287 g/mol. The maximum Gasteiger partial charge on any atom is 0.0473 e. The second kappa shape index (κ2) is 6.91. The van der Waals surface area contributed by atoms with Gasteiger partial charge in [0.05, 0.1) is 0 Å². The van der Waals surface area contributed by atoms with Crippen LogP contribution in [0.25, 0.3) is 0 Å². The van der Waals surface area contributed by atoms with Gasteiger partial charge in [-0.25, -0.2) is 0 Å². The van der Waals surface area contributed by atoms with Crippen LogP contribution < -0.4 is 5.32 Å². The lowest BCUT2D eigenvalue weighted by Crippen LogP contribution is -2.53. The summed E-state index contributed by atoms with van der Waals surface area (Å²) in [5.41, 5.74) is 1.46. The third kappa shape index (κ3) is 3.85. The van der Waals surface area contributed by atoms with Crippen LogP contribution >= 0.6 is 0 Å². The molecule has 3 rings (SSSR count). The summed E-state index contributed by atoms with van der Waals surface area (Å²) in [4.78, 5) is 5.22. The minimum Gasteiger partial charge on any atom is -0.311 e. The van der Waals surface area contributed by atoms with Gasteiger partial charge in [0.25, 0.3) is 0 Å². The topological polar surface area (TPSA) is 18.5 Å². The van der Waals surface area contributed by atoms with Crippen LogP contribution in [0.3, 0.4) is 0 Å². The number of nitrogens with one attached hydrogen (secondary N) is 1. The second-order valence-corrected chi connectivity index (χ2v) is 6.96. The molecule has 3 atom stereocenters. The molecule has 0 aliphatic carbocycles. The van der Waals surface area contributed by atoms with Crippen LogP contribution in [0, 0.1) is 5.92 Å². The van der Waals surface area contributed by atoms with Gasteiger partial charge in [0.15, 0.2) is 0 Å². The van der Waals surface area contributed by atoms with Crippen LogP contribution in [0.15, 0.2) is 30.3 Å². The van der Waals surface area contributed by atoms with E-state index >= 15 is 0 Å². The van der Waals surface area contributed by atoms with Gasteiger partial charge in [0, 0.05) is 38.3 Å². The third-order valence-electron chi connectivity index (χ3n) is 5.01. The Balaban J connectivity index is 1.69. The zero-order valence-electron chi connectivity index (χ0n) is 13.5. The first-order valence-corrected chi connectivity index (χ1v) is 8.43. The zero-order chi connectivity index (χ0) is 14.7. The Hall–Kier alpha value is -0.900.